The fraction of sp³-hybridized carbons (Fsp3) is 0.333. The van der Waals surface area contributed by atoms with Gasteiger partial charge in [-0.15, -0.1) is 0 Å². The van der Waals surface area contributed by atoms with Crippen molar-refractivity contribution in [2.75, 3.05) is 43.6 Å². The molecule has 2 aliphatic rings. The van der Waals surface area contributed by atoms with Crippen molar-refractivity contribution in [3.05, 3.63) is 47.9 Å². The molecule has 2 N–H and O–H groups in total. The highest BCUT2D eigenvalue weighted by Crippen LogP contribution is 2.33. The van der Waals surface area contributed by atoms with Crippen LogP contribution in [0.25, 0.3) is 11.0 Å². The lowest BCUT2D eigenvalue weighted by Gasteiger charge is -2.20. The van der Waals surface area contributed by atoms with E-state index in [0.29, 0.717) is 72.1 Å². The number of fused-ring (bicyclic) bond motifs is 2. The number of pyridine rings is 2. The number of aromatic nitrogens is 2. The number of aryl methyl sites for hydroxylation is 1. The number of hydrogen-bond donors (Lipinski definition) is 2. The van der Waals surface area contributed by atoms with Crippen LogP contribution < -0.4 is 25.0 Å². The number of benzene rings is 1. The Bertz CT molecular complexity index is 1290. The first kappa shape index (κ1) is 22.8. The summed E-state index contributed by atoms with van der Waals surface area (Å²) in [6.45, 7) is 1.40. The second-order valence-electron chi connectivity index (χ2n) is 8.25. The van der Waals surface area contributed by atoms with Crippen molar-refractivity contribution in [2.45, 2.75) is 18.9 Å². The van der Waals surface area contributed by atoms with Gasteiger partial charge in [-0.3, -0.25) is 14.7 Å². The first-order valence-corrected chi connectivity index (χ1v) is 11.3. The molecule has 5 rings (SSSR count). The van der Waals surface area contributed by atoms with Crippen LogP contribution >= 0.6 is 0 Å². The molecule has 0 bridgehead atoms. The summed E-state index contributed by atoms with van der Waals surface area (Å²) in [6, 6.07) is 8.62. The van der Waals surface area contributed by atoms with Crippen LogP contribution in [-0.4, -0.2) is 61.4 Å². The number of amides is 2. The molecular formula is C24H24FN5O5. The van der Waals surface area contributed by atoms with Gasteiger partial charge in [0, 0.05) is 23.9 Å². The zero-order valence-corrected chi connectivity index (χ0v) is 19.0. The minimum Gasteiger partial charge on any atom is -0.482 e. The normalized spacial score (nSPS) is 17.1. The molecule has 1 aromatic carbocycles. The monoisotopic (exact) mass is 481 g/mol. The number of nitrogens with zero attached hydrogens (tertiary/aromatic N) is 3. The van der Waals surface area contributed by atoms with Gasteiger partial charge in [0.2, 0.25) is 5.88 Å². The van der Waals surface area contributed by atoms with Crippen LogP contribution in [0.15, 0.2) is 36.5 Å². The summed E-state index contributed by atoms with van der Waals surface area (Å²) in [5.74, 6) is 0.331. The third kappa shape index (κ3) is 4.80. The molecule has 3 aromatic rings. The molecule has 0 spiro atoms. The minimum absolute atomic E-state index is 0.0272. The smallest absolute Gasteiger partial charge is 0.414 e. The number of cyclic esters (lactones) is 1. The fourth-order valence-electron chi connectivity index (χ4n) is 4.16. The number of ether oxygens (including phenoxy) is 3. The Hall–Kier alpha value is -3.99. The molecule has 2 aromatic heterocycles. The van der Waals surface area contributed by atoms with Crippen LogP contribution in [0.4, 0.5) is 20.6 Å². The van der Waals surface area contributed by atoms with Crippen molar-refractivity contribution in [3.8, 4) is 11.6 Å². The van der Waals surface area contributed by atoms with E-state index >= 15 is 0 Å². The molecular weight excluding hydrogens is 457 g/mol. The second kappa shape index (κ2) is 9.71. The molecule has 1 saturated heterocycles. The van der Waals surface area contributed by atoms with Gasteiger partial charge in [0.25, 0.3) is 5.91 Å². The molecule has 11 heteroatoms. The fourth-order valence-corrected chi connectivity index (χ4v) is 4.16. The van der Waals surface area contributed by atoms with Crippen molar-refractivity contribution in [2.24, 2.45) is 0 Å². The Balaban J connectivity index is 1.14. The summed E-state index contributed by atoms with van der Waals surface area (Å²) in [4.78, 5) is 33.9. The Labute approximate surface area is 200 Å². The lowest BCUT2D eigenvalue weighted by molar-refractivity contribution is -0.118. The number of nitrogens with one attached hydrogen (secondary N) is 2. The van der Waals surface area contributed by atoms with Gasteiger partial charge >= 0.3 is 6.09 Å². The number of anilines is 2. The van der Waals surface area contributed by atoms with Gasteiger partial charge in [-0.05, 0) is 43.7 Å². The van der Waals surface area contributed by atoms with E-state index < -0.39 is 11.9 Å². The molecule has 0 aliphatic carbocycles. The summed E-state index contributed by atoms with van der Waals surface area (Å²) in [6.07, 6.45) is 1.55. The molecule has 1 atom stereocenters. The average molecular weight is 481 g/mol. The molecule has 0 radical (unpaired) electrons. The summed E-state index contributed by atoms with van der Waals surface area (Å²) in [5, 5.41) is 6.01. The number of halogens is 1. The van der Waals surface area contributed by atoms with E-state index in [1.54, 1.807) is 30.3 Å². The van der Waals surface area contributed by atoms with Gasteiger partial charge in [0.1, 0.15) is 17.7 Å². The summed E-state index contributed by atoms with van der Waals surface area (Å²) in [7, 11) is 1.51. The van der Waals surface area contributed by atoms with Crippen LogP contribution in [0.1, 0.15) is 12.0 Å². The summed E-state index contributed by atoms with van der Waals surface area (Å²) >= 11 is 0. The highest BCUT2D eigenvalue weighted by molar-refractivity contribution is 5.97. The van der Waals surface area contributed by atoms with Gasteiger partial charge in [-0.25, -0.2) is 14.2 Å². The number of methoxy groups -OCH3 is 1. The van der Waals surface area contributed by atoms with Crippen LogP contribution in [0, 0.1) is 5.82 Å². The summed E-state index contributed by atoms with van der Waals surface area (Å²) < 4.78 is 30.4. The minimum atomic E-state index is -0.454. The second-order valence-corrected chi connectivity index (χ2v) is 8.25. The predicted octanol–water partition coefficient (Wildman–Crippen LogP) is 2.66. The zero-order chi connectivity index (χ0) is 24.4. The molecule has 2 amide bonds. The van der Waals surface area contributed by atoms with Gasteiger partial charge in [-0.1, -0.05) is 0 Å². The molecule has 4 heterocycles. The van der Waals surface area contributed by atoms with Crippen molar-refractivity contribution in [3.63, 3.8) is 0 Å². The van der Waals surface area contributed by atoms with Gasteiger partial charge in [0.05, 0.1) is 36.6 Å². The maximum Gasteiger partial charge on any atom is 0.414 e. The molecule has 1 fully saturated rings. The molecule has 0 saturated carbocycles. The standard InChI is InChI=1S/C24H24FN5O5/c1-33-22-7-5-18-23(29-22)16(17(25)11-27-18)3-2-8-26-10-15-12-30(24(32)35-15)14-4-6-20-19(9-14)28-21(31)13-34-20/h4-7,9,11,15,26H,2-3,8,10,12-13H2,1H3,(H,28,31)/t15-/m1/s1. The average Bonchev–Trinajstić information content (AvgIpc) is 3.24. The number of carbonyl (C=O) groups is 2. The van der Waals surface area contributed by atoms with Crippen LogP contribution in [0.3, 0.4) is 0 Å². The number of rotatable bonds is 8. The van der Waals surface area contributed by atoms with E-state index in [9.17, 15) is 14.0 Å². The lowest BCUT2D eigenvalue weighted by Crippen LogP contribution is -2.31. The number of hydrogen-bond acceptors (Lipinski definition) is 8. The quantitative estimate of drug-likeness (QED) is 0.472. The van der Waals surface area contributed by atoms with Crippen molar-refractivity contribution >= 4 is 34.4 Å². The van der Waals surface area contributed by atoms with Gasteiger partial charge in [-0.2, -0.15) is 0 Å². The topological polar surface area (TPSA) is 115 Å². The van der Waals surface area contributed by atoms with Crippen molar-refractivity contribution in [1.82, 2.24) is 15.3 Å². The first-order chi connectivity index (χ1) is 17.0. The van der Waals surface area contributed by atoms with Crippen LogP contribution in [0.5, 0.6) is 11.6 Å². The Morgan fingerprint density at radius 3 is 3.03 bits per heavy atom. The highest BCUT2D eigenvalue weighted by Gasteiger charge is 2.32. The van der Waals surface area contributed by atoms with Crippen LogP contribution in [0.2, 0.25) is 0 Å². The maximum absolute atomic E-state index is 14.4. The molecule has 10 nitrogen and oxygen atoms in total. The third-order valence-corrected chi connectivity index (χ3v) is 5.88. The lowest BCUT2D eigenvalue weighted by atomic mass is 10.1. The molecule has 0 unspecified atom stereocenters. The largest absolute Gasteiger partial charge is 0.482 e. The molecule has 2 aliphatic heterocycles. The predicted molar refractivity (Wildman–Crippen MR) is 125 cm³/mol. The van der Waals surface area contributed by atoms with E-state index in [0.717, 1.165) is 0 Å². The van der Waals surface area contributed by atoms with Crippen molar-refractivity contribution < 1.29 is 28.2 Å². The van der Waals surface area contributed by atoms with E-state index in [1.807, 2.05) is 0 Å². The third-order valence-electron chi connectivity index (χ3n) is 5.88. The van der Waals surface area contributed by atoms with E-state index in [4.69, 9.17) is 14.2 Å². The van der Waals surface area contributed by atoms with Crippen molar-refractivity contribution in [1.29, 1.82) is 0 Å². The maximum atomic E-state index is 14.4. The highest BCUT2D eigenvalue weighted by atomic mass is 19.1. The number of carbonyl (C=O) groups excluding carboxylic acids is 2. The Morgan fingerprint density at radius 1 is 1.29 bits per heavy atom. The van der Waals surface area contributed by atoms with Crippen LogP contribution in [-0.2, 0) is 16.0 Å². The Morgan fingerprint density at radius 2 is 2.17 bits per heavy atom. The molecule has 35 heavy (non-hydrogen) atoms. The Kier molecular flexibility index (Phi) is 6.32. The first-order valence-electron chi connectivity index (χ1n) is 11.3. The zero-order valence-electron chi connectivity index (χ0n) is 19.0. The van der Waals surface area contributed by atoms with Gasteiger partial charge in [0.15, 0.2) is 6.61 Å². The van der Waals surface area contributed by atoms with E-state index in [2.05, 4.69) is 20.6 Å². The SMILES string of the molecule is COc1ccc2ncc(F)c(CCCNC[C@@H]3CN(c4ccc5c(c4)NC(=O)CO5)C(=O)O3)c2n1. The summed E-state index contributed by atoms with van der Waals surface area (Å²) in [5.41, 5.74) is 2.75. The van der Waals surface area contributed by atoms with E-state index in [1.165, 1.54) is 18.2 Å². The van der Waals surface area contributed by atoms with Gasteiger partial charge < -0.3 is 24.8 Å². The molecule has 182 valence electrons. The van der Waals surface area contributed by atoms with E-state index in [-0.39, 0.29) is 18.6 Å².